The maximum atomic E-state index is 6.16. The number of H-pyrrole nitrogens is 1. The van der Waals surface area contributed by atoms with Gasteiger partial charge in [-0.15, -0.1) is 0 Å². The minimum Gasteiger partial charge on any atom is -0.380 e. The molecular formula is C13H16ClN3. The first kappa shape index (κ1) is 12.0. The van der Waals surface area contributed by atoms with Crippen molar-refractivity contribution >= 4 is 17.3 Å². The third kappa shape index (κ3) is 2.61. The van der Waals surface area contributed by atoms with Crippen LogP contribution in [0, 0.1) is 20.8 Å². The van der Waals surface area contributed by atoms with Crippen LogP contribution < -0.4 is 5.32 Å². The minimum absolute atomic E-state index is 0.733. The van der Waals surface area contributed by atoms with E-state index in [1.54, 1.807) is 0 Å². The largest absolute Gasteiger partial charge is 0.380 e. The highest BCUT2D eigenvalue weighted by Crippen LogP contribution is 2.23. The van der Waals surface area contributed by atoms with Crippen molar-refractivity contribution in [2.24, 2.45) is 0 Å². The van der Waals surface area contributed by atoms with Gasteiger partial charge in [0, 0.05) is 17.8 Å². The second-order valence-corrected chi connectivity index (χ2v) is 4.66. The van der Waals surface area contributed by atoms with E-state index in [1.807, 2.05) is 39.0 Å². The first-order valence-electron chi connectivity index (χ1n) is 5.58. The van der Waals surface area contributed by atoms with Gasteiger partial charge in [-0.1, -0.05) is 17.7 Å². The zero-order valence-electron chi connectivity index (χ0n) is 10.3. The van der Waals surface area contributed by atoms with Gasteiger partial charge in [-0.2, -0.15) is 5.10 Å². The van der Waals surface area contributed by atoms with Crippen LogP contribution in [0.1, 0.15) is 22.5 Å². The molecule has 3 nitrogen and oxygen atoms in total. The summed E-state index contributed by atoms with van der Waals surface area (Å²) in [5, 5.41) is 11.2. The van der Waals surface area contributed by atoms with Gasteiger partial charge in [-0.25, -0.2) is 0 Å². The number of hydrogen-bond acceptors (Lipinski definition) is 2. The second kappa shape index (κ2) is 4.80. The summed E-state index contributed by atoms with van der Waals surface area (Å²) in [4.78, 5) is 0. The van der Waals surface area contributed by atoms with Gasteiger partial charge >= 0.3 is 0 Å². The Labute approximate surface area is 106 Å². The fraction of sp³-hybridized carbons (Fsp3) is 0.308. The van der Waals surface area contributed by atoms with Crippen molar-refractivity contribution in [3.05, 3.63) is 45.7 Å². The van der Waals surface area contributed by atoms with Crippen molar-refractivity contribution in [3.63, 3.8) is 0 Å². The molecule has 0 saturated heterocycles. The van der Waals surface area contributed by atoms with Crippen LogP contribution in [-0.4, -0.2) is 10.2 Å². The fourth-order valence-corrected chi connectivity index (χ4v) is 2.08. The van der Waals surface area contributed by atoms with Crippen LogP contribution in [0.4, 0.5) is 5.69 Å². The summed E-state index contributed by atoms with van der Waals surface area (Å²) >= 11 is 6.16. The molecule has 17 heavy (non-hydrogen) atoms. The Bertz CT molecular complexity index is 512. The quantitative estimate of drug-likeness (QED) is 0.873. The molecule has 1 aromatic heterocycles. The van der Waals surface area contributed by atoms with Crippen LogP contribution in [0.2, 0.25) is 5.02 Å². The van der Waals surface area contributed by atoms with Crippen molar-refractivity contribution < 1.29 is 0 Å². The number of benzene rings is 1. The molecule has 0 amide bonds. The molecule has 0 unspecified atom stereocenters. The van der Waals surface area contributed by atoms with Crippen molar-refractivity contribution in [2.45, 2.75) is 27.3 Å². The standard InChI is InChI=1S/C13H16ClN3/c1-8-4-5-13(12(14)6-8)15-7-11-9(2)16-17-10(11)3/h4-6,15H,7H2,1-3H3,(H,16,17). The smallest absolute Gasteiger partial charge is 0.0643 e. The number of nitrogens with one attached hydrogen (secondary N) is 2. The molecule has 1 heterocycles. The summed E-state index contributed by atoms with van der Waals surface area (Å²) in [7, 11) is 0. The van der Waals surface area contributed by atoms with E-state index < -0.39 is 0 Å². The molecule has 0 aliphatic heterocycles. The van der Waals surface area contributed by atoms with E-state index >= 15 is 0 Å². The molecule has 0 saturated carbocycles. The maximum absolute atomic E-state index is 6.16. The zero-order valence-corrected chi connectivity index (χ0v) is 11.0. The lowest BCUT2D eigenvalue weighted by Gasteiger charge is -2.09. The van der Waals surface area contributed by atoms with E-state index in [0.717, 1.165) is 34.2 Å². The topological polar surface area (TPSA) is 40.7 Å². The number of halogens is 1. The molecule has 4 heteroatoms. The molecule has 0 aliphatic rings. The summed E-state index contributed by atoms with van der Waals surface area (Å²) in [5.41, 5.74) is 5.44. The van der Waals surface area contributed by atoms with Crippen LogP contribution >= 0.6 is 11.6 Å². The fourth-order valence-electron chi connectivity index (χ4n) is 1.78. The number of aromatic nitrogens is 2. The van der Waals surface area contributed by atoms with Gasteiger partial charge in [0.2, 0.25) is 0 Å². The Balaban J connectivity index is 2.13. The summed E-state index contributed by atoms with van der Waals surface area (Å²) < 4.78 is 0. The molecule has 90 valence electrons. The Morgan fingerprint density at radius 1 is 1.29 bits per heavy atom. The molecule has 2 aromatic rings. The number of nitrogens with zero attached hydrogens (tertiary/aromatic N) is 1. The molecular weight excluding hydrogens is 234 g/mol. The van der Waals surface area contributed by atoms with Crippen LogP contribution in [-0.2, 0) is 6.54 Å². The molecule has 0 fully saturated rings. The average molecular weight is 250 g/mol. The molecule has 2 N–H and O–H groups in total. The molecule has 0 bridgehead atoms. The van der Waals surface area contributed by atoms with Crippen LogP contribution in [0.3, 0.4) is 0 Å². The number of aryl methyl sites for hydroxylation is 3. The summed E-state index contributed by atoms with van der Waals surface area (Å²) in [5.74, 6) is 0. The number of hydrogen-bond donors (Lipinski definition) is 2. The normalized spacial score (nSPS) is 10.6. The number of anilines is 1. The molecule has 2 rings (SSSR count). The Morgan fingerprint density at radius 3 is 2.65 bits per heavy atom. The van der Waals surface area contributed by atoms with Gasteiger partial charge in [0.15, 0.2) is 0 Å². The van der Waals surface area contributed by atoms with Gasteiger partial charge in [0.1, 0.15) is 0 Å². The molecule has 0 atom stereocenters. The molecule has 0 radical (unpaired) electrons. The van der Waals surface area contributed by atoms with Gasteiger partial charge in [-0.3, -0.25) is 5.10 Å². The maximum Gasteiger partial charge on any atom is 0.0643 e. The lowest BCUT2D eigenvalue weighted by molar-refractivity contribution is 1.02. The minimum atomic E-state index is 0.733. The Kier molecular flexibility index (Phi) is 3.38. The third-order valence-corrected chi connectivity index (χ3v) is 3.17. The van der Waals surface area contributed by atoms with E-state index in [4.69, 9.17) is 11.6 Å². The zero-order chi connectivity index (χ0) is 12.4. The molecule has 1 aromatic carbocycles. The Morgan fingerprint density at radius 2 is 2.06 bits per heavy atom. The van der Waals surface area contributed by atoms with E-state index in [2.05, 4.69) is 15.5 Å². The van der Waals surface area contributed by atoms with Crippen molar-refractivity contribution in [1.82, 2.24) is 10.2 Å². The lowest BCUT2D eigenvalue weighted by Crippen LogP contribution is -2.02. The highest BCUT2D eigenvalue weighted by Gasteiger charge is 2.06. The van der Waals surface area contributed by atoms with E-state index in [1.165, 1.54) is 5.56 Å². The van der Waals surface area contributed by atoms with E-state index in [0.29, 0.717) is 0 Å². The third-order valence-electron chi connectivity index (χ3n) is 2.86. The van der Waals surface area contributed by atoms with Crippen LogP contribution in [0.5, 0.6) is 0 Å². The molecule has 0 spiro atoms. The molecule has 0 aliphatic carbocycles. The monoisotopic (exact) mass is 249 g/mol. The first-order chi connectivity index (χ1) is 8.08. The van der Waals surface area contributed by atoms with Gasteiger partial charge in [0.25, 0.3) is 0 Å². The highest BCUT2D eigenvalue weighted by atomic mass is 35.5. The van der Waals surface area contributed by atoms with Crippen LogP contribution in [0.15, 0.2) is 18.2 Å². The van der Waals surface area contributed by atoms with E-state index in [9.17, 15) is 0 Å². The average Bonchev–Trinajstić information content (AvgIpc) is 2.58. The predicted octanol–water partition coefficient (Wildman–Crippen LogP) is 3.60. The van der Waals surface area contributed by atoms with Crippen LogP contribution in [0.25, 0.3) is 0 Å². The van der Waals surface area contributed by atoms with Gasteiger partial charge < -0.3 is 5.32 Å². The predicted molar refractivity (Wildman–Crippen MR) is 71.6 cm³/mol. The van der Waals surface area contributed by atoms with Gasteiger partial charge in [0.05, 0.1) is 16.4 Å². The SMILES string of the molecule is Cc1ccc(NCc2c(C)n[nH]c2C)c(Cl)c1. The number of aromatic amines is 1. The first-order valence-corrected chi connectivity index (χ1v) is 5.96. The lowest BCUT2D eigenvalue weighted by atomic mass is 10.2. The highest BCUT2D eigenvalue weighted by molar-refractivity contribution is 6.33. The summed E-state index contributed by atoms with van der Waals surface area (Å²) in [6.45, 7) is 6.78. The van der Waals surface area contributed by atoms with Gasteiger partial charge in [-0.05, 0) is 38.5 Å². The van der Waals surface area contributed by atoms with E-state index in [-0.39, 0.29) is 0 Å². The summed E-state index contributed by atoms with van der Waals surface area (Å²) in [6.07, 6.45) is 0. The number of rotatable bonds is 3. The second-order valence-electron chi connectivity index (χ2n) is 4.25. The van der Waals surface area contributed by atoms with Crippen molar-refractivity contribution in [2.75, 3.05) is 5.32 Å². The summed E-state index contributed by atoms with van der Waals surface area (Å²) in [6, 6.07) is 6.00. The Hall–Kier alpha value is -1.48. The van der Waals surface area contributed by atoms with Crippen molar-refractivity contribution in [1.29, 1.82) is 0 Å². The van der Waals surface area contributed by atoms with Crippen molar-refractivity contribution in [3.8, 4) is 0 Å².